The van der Waals surface area contributed by atoms with E-state index >= 15 is 0 Å². The molecule has 1 aliphatic rings. The first-order valence-corrected chi connectivity index (χ1v) is 6.43. The quantitative estimate of drug-likeness (QED) is 0.756. The van der Waals surface area contributed by atoms with Crippen LogP contribution < -0.4 is 5.32 Å². The van der Waals surface area contributed by atoms with Crippen LogP contribution in [0.4, 0.5) is 0 Å². The molecule has 1 rings (SSSR count). The van der Waals surface area contributed by atoms with Gasteiger partial charge in [-0.2, -0.15) is 0 Å². The highest BCUT2D eigenvalue weighted by molar-refractivity contribution is 4.76. The average molecular weight is 229 g/mol. The Bertz CT molecular complexity index is 177. The molecule has 0 heterocycles. The topological polar surface area (TPSA) is 30.5 Å². The highest BCUT2D eigenvalue weighted by Gasteiger charge is 2.24. The van der Waals surface area contributed by atoms with Gasteiger partial charge in [0.05, 0.1) is 25.4 Å². The fourth-order valence-corrected chi connectivity index (χ4v) is 2.68. The molecule has 16 heavy (non-hydrogen) atoms. The van der Waals surface area contributed by atoms with Crippen LogP contribution in [0.15, 0.2) is 0 Å². The van der Waals surface area contributed by atoms with Crippen LogP contribution in [0.1, 0.15) is 33.1 Å². The summed E-state index contributed by atoms with van der Waals surface area (Å²) in [6.45, 7) is 6.14. The molecular weight excluding hydrogens is 202 g/mol. The summed E-state index contributed by atoms with van der Waals surface area (Å²) < 4.78 is 11.1. The lowest BCUT2D eigenvalue weighted by Crippen LogP contribution is -2.37. The van der Waals surface area contributed by atoms with Crippen LogP contribution in [0, 0.1) is 11.8 Å². The highest BCUT2D eigenvalue weighted by Crippen LogP contribution is 2.30. The molecule has 1 fully saturated rings. The van der Waals surface area contributed by atoms with Crippen molar-refractivity contribution in [1.29, 1.82) is 0 Å². The lowest BCUT2D eigenvalue weighted by molar-refractivity contribution is -0.0171. The van der Waals surface area contributed by atoms with E-state index in [0.29, 0.717) is 18.8 Å². The average Bonchev–Trinajstić information content (AvgIpc) is 2.23. The Morgan fingerprint density at radius 1 is 1.12 bits per heavy atom. The number of methoxy groups -OCH3 is 1. The summed E-state index contributed by atoms with van der Waals surface area (Å²) in [6.07, 6.45) is 4.24. The summed E-state index contributed by atoms with van der Waals surface area (Å²) in [5.41, 5.74) is 0. The summed E-state index contributed by atoms with van der Waals surface area (Å²) >= 11 is 0. The number of hydrogen-bond donors (Lipinski definition) is 1. The Balaban J connectivity index is 2.25. The molecule has 0 amide bonds. The molecule has 3 nitrogen and oxygen atoms in total. The number of hydrogen-bond acceptors (Lipinski definition) is 3. The van der Waals surface area contributed by atoms with Gasteiger partial charge in [0.15, 0.2) is 0 Å². The minimum Gasteiger partial charge on any atom is -0.383 e. The molecule has 0 bridgehead atoms. The second-order valence-corrected chi connectivity index (χ2v) is 5.31. The standard InChI is InChI=1S/C13H27NO2/c1-10-5-11(2)7-13(6-10)16-9-12(14-3)8-15-4/h10-14H,5-9H2,1-4H3. The van der Waals surface area contributed by atoms with Crippen molar-refractivity contribution in [1.82, 2.24) is 5.32 Å². The molecule has 0 radical (unpaired) electrons. The number of rotatable bonds is 6. The van der Waals surface area contributed by atoms with E-state index in [4.69, 9.17) is 9.47 Å². The van der Waals surface area contributed by atoms with Gasteiger partial charge >= 0.3 is 0 Å². The van der Waals surface area contributed by atoms with Gasteiger partial charge in [0.2, 0.25) is 0 Å². The Kier molecular flexibility index (Phi) is 6.32. The maximum absolute atomic E-state index is 5.99. The zero-order valence-corrected chi connectivity index (χ0v) is 11.2. The van der Waals surface area contributed by atoms with Crippen molar-refractivity contribution in [2.24, 2.45) is 11.8 Å². The van der Waals surface area contributed by atoms with E-state index in [2.05, 4.69) is 19.2 Å². The van der Waals surface area contributed by atoms with Crippen molar-refractivity contribution < 1.29 is 9.47 Å². The molecule has 0 saturated heterocycles. The maximum atomic E-state index is 5.99. The van der Waals surface area contributed by atoms with E-state index in [0.717, 1.165) is 18.4 Å². The van der Waals surface area contributed by atoms with Crippen LogP contribution in [-0.2, 0) is 9.47 Å². The molecule has 3 unspecified atom stereocenters. The van der Waals surface area contributed by atoms with Crippen LogP contribution in [0.5, 0.6) is 0 Å². The SMILES string of the molecule is CNC(COC)COC1CC(C)CC(C)C1. The molecule has 0 aromatic carbocycles. The second kappa shape index (κ2) is 7.25. The lowest BCUT2D eigenvalue weighted by Gasteiger charge is -2.32. The van der Waals surface area contributed by atoms with E-state index in [9.17, 15) is 0 Å². The van der Waals surface area contributed by atoms with Crippen molar-refractivity contribution >= 4 is 0 Å². The zero-order valence-electron chi connectivity index (χ0n) is 11.2. The lowest BCUT2D eigenvalue weighted by atomic mass is 9.82. The number of ether oxygens (including phenoxy) is 2. The molecule has 0 aliphatic heterocycles. The van der Waals surface area contributed by atoms with E-state index < -0.39 is 0 Å². The zero-order chi connectivity index (χ0) is 12.0. The summed E-state index contributed by atoms with van der Waals surface area (Å²) in [4.78, 5) is 0. The maximum Gasteiger partial charge on any atom is 0.0645 e. The Morgan fingerprint density at radius 3 is 2.25 bits per heavy atom. The van der Waals surface area contributed by atoms with Gasteiger partial charge in [-0.1, -0.05) is 13.8 Å². The van der Waals surface area contributed by atoms with E-state index in [1.54, 1.807) is 7.11 Å². The first-order chi connectivity index (χ1) is 7.65. The van der Waals surface area contributed by atoms with Gasteiger partial charge in [-0.25, -0.2) is 0 Å². The van der Waals surface area contributed by atoms with Gasteiger partial charge < -0.3 is 14.8 Å². The van der Waals surface area contributed by atoms with Crippen molar-refractivity contribution in [2.45, 2.75) is 45.3 Å². The molecule has 1 saturated carbocycles. The Hall–Kier alpha value is -0.120. The normalized spacial score (nSPS) is 32.6. The van der Waals surface area contributed by atoms with Gasteiger partial charge in [0.25, 0.3) is 0 Å². The smallest absolute Gasteiger partial charge is 0.0645 e. The largest absolute Gasteiger partial charge is 0.383 e. The predicted octanol–water partition coefficient (Wildman–Crippen LogP) is 2.06. The van der Waals surface area contributed by atoms with Gasteiger partial charge in [0.1, 0.15) is 0 Å². The summed E-state index contributed by atoms with van der Waals surface area (Å²) in [5, 5.41) is 3.21. The fourth-order valence-electron chi connectivity index (χ4n) is 2.68. The first-order valence-electron chi connectivity index (χ1n) is 6.43. The monoisotopic (exact) mass is 229 g/mol. The minimum atomic E-state index is 0.317. The molecule has 0 aromatic heterocycles. The molecule has 0 spiro atoms. The third-order valence-corrected chi connectivity index (χ3v) is 3.44. The molecule has 1 aliphatic carbocycles. The van der Waals surface area contributed by atoms with Crippen LogP contribution >= 0.6 is 0 Å². The fraction of sp³-hybridized carbons (Fsp3) is 1.00. The molecule has 3 atom stereocenters. The van der Waals surface area contributed by atoms with E-state index in [1.165, 1.54) is 19.3 Å². The first kappa shape index (κ1) is 13.9. The van der Waals surface area contributed by atoms with Crippen molar-refractivity contribution in [2.75, 3.05) is 27.4 Å². The number of nitrogens with one attached hydrogen (secondary N) is 1. The number of likely N-dealkylation sites (N-methyl/N-ethyl adjacent to an activating group) is 1. The van der Waals surface area contributed by atoms with Gasteiger partial charge in [-0.3, -0.25) is 0 Å². The third-order valence-electron chi connectivity index (χ3n) is 3.44. The molecule has 96 valence electrons. The van der Waals surface area contributed by atoms with Crippen molar-refractivity contribution in [3.8, 4) is 0 Å². The minimum absolute atomic E-state index is 0.317. The molecule has 0 aromatic rings. The molecule has 1 N–H and O–H groups in total. The van der Waals surface area contributed by atoms with E-state index in [-0.39, 0.29) is 0 Å². The van der Waals surface area contributed by atoms with Crippen LogP contribution in [-0.4, -0.2) is 39.5 Å². The summed E-state index contributed by atoms with van der Waals surface area (Å²) in [7, 11) is 3.69. The second-order valence-electron chi connectivity index (χ2n) is 5.31. The van der Waals surface area contributed by atoms with Gasteiger partial charge in [0, 0.05) is 7.11 Å². The van der Waals surface area contributed by atoms with Crippen LogP contribution in [0.2, 0.25) is 0 Å². The van der Waals surface area contributed by atoms with E-state index in [1.807, 2.05) is 7.05 Å². The Labute approximate surface area is 99.9 Å². The van der Waals surface area contributed by atoms with Gasteiger partial charge in [-0.15, -0.1) is 0 Å². The molecular formula is C13H27NO2. The molecule has 3 heteroatoms. The van der Waals surface area contributed by atoms with Crippen molar-refractivity contribution in [3.05, 3.63) is 0 Å². The predicted molar refractivity (Wildman–Crippen MR) is 66.6 cm³/mol. The van der Waals surface area contributed by atoms with Crippen LogP contribution in [0.25, 0.3) is 0 Å². The summed E-state index contributed by atoms with van der Waals surface area (Å²) in [5.74, 6) is 1.62. The van der Waals surface area contributed by atoms with Crippen LogP contribution in [0.3, 0.4) is 0 Å². The Morgan fingerprint density at radius 2 is 1.75 bits per heavy atom. The summed E-state index contributed by atoms with van der Waals surface area (Å²) in [6, 6.07) is 0.317. The van der Waals surface area contributed by atoms with Crippen molar-refractivity contribution in [3.63, 3.8) is 0 Å². The van der Waals surface area contributed by atoms with Gasteiger partial charge in [-0.05, 0) is 38.1 Å². The highest BCUT2D eigenvalue weighted by atomic mass is 16.5. The third kappa shape index (κ3) is 4.81.